The van der Waals surface area contributed by atoms with Crippen molar-refractivity contribution in [1.82, 2.24) is 5.32 Å². The van der Waals surface area contributed by atoms with Gasteiger partial charge in [-0.15, -0.1) is 0 Å². The van der Waals surface area contributed by atoms with Crippen molar-refractivity contribution < 1.29 is 9.18 Å². The first-order valence-corrected chi connectivity index (χ1v) is 7.86. The summed E-state index contributed by atoms with van der Waals surface area (Å²) in [5, 5.41) is 5.28. The van der Waals surface area contributed by atoms with Crippen molar-refractivity contribution in [1.29, 1.82) is 0 Å². The smallest absolute Gasteiger partial charge is 0.253 e. The van der Waals surface area contributed by atoms with Crippen LogP contribution in [0.25, 0.3) is 0 Å². The zero-order valence-corrected chi connectivity index (χ0v) is 14.4. The fourth-order valence-corrected chi connectivity index (χ4v) is 2.30. The normalized spacial score (nSPS) is 12.6. The van der Waals surface area contributed by atoms with Crippen LogP contribution in [-0.4, -0.2) is 15.9 Å². The minimum absolute atomic E-state index is 0.119. The first-order chi connectivity index (χ1) is 10.8. The number of aryl methyl sites for hydroxylation is 1. The van der Waals surface area contributed by atoms with Gasteiger partial charge in [-0.2, -0.15) is 0 Å². The maximum atomic E-state index is 13.8. The van der Waals surface area contributed by atoms with Gasteiger partial charge in [-0.1, -0.05) is 65.1 Å². The molecule has 1 atom stereocenters. The molecule has 1 amide bonds. The molecule has 122 valence electrons. The molecule has 0 saturated heterocycles. The topological polar surface area (TPSA) is 41.1 Å². The minimum atomic E-state index is -1.87. The largest absolute Gasteiger partial charge is 0.359 e. The van der Waals surface area contributed by atoms with E-state index in [4.69, 9.17) is 34.8 Å². The Kier molecular flexibility index (Phi) is 5.74. The molecular weight excluding hydrogens is 362 g/mol. The number of anilines is 1. The van der Waals surface area contributed by atoms with E-state index in [0.29, 0.717) is 5.56 Å². The van der Waals surface area contributed by atoms with E-state index in [1.54, 1.807) is 31.2 Å². The highest BCUT2D eigenvalue weighted by Crippen LogP contribution is 2.31. The lowest BCUT2D eigenvalue weighted by atomic mass is 10.1. The van der Waals surface area contributed by atoms with Crippen LogP contribution < -0.4 is 10.6 Å². The van der Waals surface area contributed by atoms with Crippen LogP contribution in [0.4, 0.5) is 10.1 Å². The molecule has 2 aromatic rings. The first kappa shape index (κ1) is 17.9. The van der Waals surface area contributed by atoms with Gasteiger partial charge in [0, 0.05) is 5.56 Å². The van der Waals surface area contributed by atoms with Gasteiger partial charge in [-0.05, 0) is 30.7 Å². The molecule has 7 heteroatoms. The van der Waals surface area contributed by atoms with E-state index in [1.165, 1.54) is 18.2 Å². The van der Waals surface area contributed by atoms with Gasteiger partial charge >= 0.3 is 0 Å². The van der Waals surface area contributed by atoms with Crippen LogP contribution in [0.15, 0.2) is 48.5 Å². The van der Waals surface area contributed by atoms with Crippen molar-refractivity contribution in [2.45, 2.75) is 16.9 Å². The van der Waals surface area contributed by atoms with E-state index < -0.39 is 21.7 Å². The maximum absolute atomic E-state index is 13.8. The minimum Gasteiger partial charge on any atom is -0.359 e. The monoisotopic (exact) mass is 374 g/mol. The number of halogens is 4. The van der Waals surface area contributed by atoms with Gasteiger partial charge in [0.15, 0.2) is 0 Å². The molecule has 0 aliphatic carbocycles. The Balaban J connectivity index is 2.22. The Hall–Kier alpha value is -1.49. The quantitative estimate of drug-likeness (QED) is 0.602. The second kappa shape index (κ2) is 7.39. The summed E-state index contributed by atoms with van der Waals surface area (Å²) in [5.41, 5.74) is 1.34. The van der Waals surface area contributed by atoms with Crippen molar-refractivity contribution in [3.05, 3.63) is 65.5 Å². The lowest BCUT2D eigenvalue weighted by molar-refractivity contribution is 0.0941. The number of para-hydroxylation sites is 1. The molecule has 0 aliphatic rings. The zero-order valence-electron chi connectivity index (χ0n) is 12.1. The molecule has 0 saturated carbocycles. The molecular formula is C16H14Cl3FN2O. The summed E-state index contributed by atoms with van der Waals surface area (Å²) in [6.45, 7) is 1.80. The zero-order chi connectivity index (χ0) is 17.0. The van der Waals surface area contributed by atoms with Gasteiger partial charge in [0.05, 0.1) is 5.69 Å². The average molecular weight is 376 g/mol. The number of rotatable bonds is 4. The summed E-state index contributed by atoms with van der Waals surface area (Å²) < 4.78 is 11.9. The molecule has 0 aromatic heterocycles. The van der Waals surface area contributed by atoms with E-state index in [0.717, 1.165) is 5.56 Å². The van der Waals surface area contributed by atoms with Gasteiger partial charge in [0.2, 0.25) is 3.79 Å². The van der Waals surface area contributed by atoms with Crippen LogP contribution in [0.5, 0.6) is 0 Å². The molecule has 23 heavy (non-hydrogen) atoms. The number of amides is 1. The fraction of sp³-hybridized carbons (Fsp3) is 0.188. The number of carbonyl (C=O) groups excluding carboxylic acids is 1. The third kappa shape index (κ3) is 4.74. The number of hydrogen-bond acceptors (Lipinski definition) is 2. The third-order valence-electron chi connectivity index (χ3n) is 3.17. The van der Waals surface area contributed by atoms with Gasteiger partial charge in [-0.25, -0.2) is 4.39 Å². The Labute approximate surface area is 148 Å². The molecule has 0 aliphatic heterocycles. The van der Waals surface area contributed by atoms with E-state index in [-0.39, 0.29) is 5.69 Å². The van der Waals surface area contributed by atoms with Crippen molar-refractivity contribution in [2.24, 2.45) is 0 Å². The third-order valence-corrected chi connectivity index (χ3v) is 3.82. The summed E-state index contributed by atoms with van der Waals surface area (Å²) in [6, 6.07) is 12.9. The van der Waals surface area contributed by atoms with Crippen LogP contribution in [0.1, 0.15) is 15.9 Å². The van der Waals surface area contributed by atoms with Crippen LogP contribution in [0, 0.1) is 12.7 Å². The molecule has 3 nitrogen and oxygen atoms in total. The number of nitrogens with one attached hydrogen (secondary N) is 2. The number of carbonyl (C=O) groups is 1. The molecule has 2 aromatic carbocycles. The molecule has 0 fully saturated rings. The van der Waals surface area contributed by atoms with Crippen molar-refractivity contribution in [3.8, 4) is 0 Å². The van der Waals surface area contributed by atoms with Crippen molar-refractivity contribution in [2.75, 3.05) is 5.32 Å². The predicted molar refractivity (Wildman–Crippen MR) is 92.7 cm³/mol. The Morgan fingerprint density at radius 3 is 2.30 bits per heavy atom. The number of alkyl halides is 3. The van der Waals surface area contributed by atoms with Crippen LogP contribution in [-0.2, 0) is 0 Å². The summed E-state index contributed by atoms with van der Waals surface area (Å²) >= 11 is 17.7. The highest BCUT2D eigenvalue weighted by molar-refractivity contribution is 6.68. The Morgan fingerprint density at radius 2 is 1.70 bits per heavy atom. The second-order valence-electron chi connectivity index (χ2n) is 4.89. The van der Waals surface area contributed by atoms with Gasteiger partial charge in [-0.3, -0.25) is 4.79 Å². The number of hydrogen-bond donors (Lipinski definition) is 2. The van der Waals surface area contributed by atoms with Crippen LogP contribution in [0.2, 0.25) is 0 Å². The van der Waals surface area contributed by atoms with E-state index in [2.05, 4.69) is 10.6 Å². The molecule has 0 unspecified atom stereocenters. The van der Waals surface area contributed by atoms with Crippen molar-refractivity contribution in [3.63, 3.8) is 0 Å². The maximum Gasteiger partial charge on any atom is 0.253 e. The van der Waals surface area contributed by atoms with Crippen LogP contribution in [0.3, 0.4) is 0 Å². The summed E-state index contributed by atoms with van der Waals surface area (Å²) in [4.78, 5) is 12.4. The van der Waals surface area contributed by atoms with E-state index in [1.807, 2.05) is 6.07 Å². The molecule has 0 radical (unpaired) electrons. The fourth-order valence-electron chi connectivity index (χ4n) is 1.97. The standard InChI is InChI=1S/C16H14Cl3FN2O/c1-10-6-2-3-7-11(10)14(23)22-15(16(17,18)19)21-13-9-5-4-8-12(13)20/h2-9,15,21H,1H3,(H,22,23)/t15-/m0/s1. The SMILES string of the molecule is Cc1ccccc1C(=O)N[C@H](Nc1ccccc1F)C(Cl)(Cl)Cl. The summed E-state index contributed by atoms with van der Waals surface area (Å²) in [5.74, 6) is -0.944. The molecule has 2 rings (SSSR count). The summed E-state index contributed by atoms with van der Waals surface area (Å²) in [6.07, 6.45) is -1.11. The highest BCUT2D eigenvalue weighted by Gasteiger charge is 2.34. The van der Waals surface area contributed by atoms with E-state index >= 15 is 0 Å². The van der Waals surface area contributed by atoms with Gasteiger partial charge in [0.25, 0.3) is 5.91 Å². The van der Waals surface area contributed by atoms with Crippen LogP contribution >= 0.6 is 34.8 Å². The number of benzene rings is 2. The molecule has 0 heterocycles. The predicted octanol–water partition coefficient (Wildman–Crippen LogP) is 4.67. The van der Waals surface area contributed by atoms with Crippen molar-refractivity contribution >= 4 is 46.4 Å². The second-order valence-corrected chi connectivity index (χ2v) is 7.26. The molecule has 0 spiro atoms. The Morgan fingerprint density at radius 1 is 1.09 bits per heavy atom. The lowest BCUT2D eigenvalue weighted by Crippen LogP contribution is -2.49. The summed E-state index contributed by atoms with van der Waals surface area (Å²) in [7, 11) is 0. The molecule has 0 bridgehead atoms. The van der Waals surface area contributed by atoms with Gasteiger partial charge < -0.3 is 10.6 Å². The highest BCUT2D eigenvalue weighted by atomic mass is 35.6. The van der Waals surface area contributed by atoms with E-state index in [9.17, 15) is 9.18 Å². The molecule has 2 N–H and O–H groups in total. The Bertz CT molecular complexity index is 704. The lowest BCUT2D eigenvalue weighted by Gasteiger charge is -2.27. The average Bonchev–Trinajstić information content (AvgIpc) is 2.48. The first-order valence-electron chi connectivity index (χ1n) is 6.73. The van der Waals surface area contributed by atoms with Gasteiger partial charge in [0.1, 0.15) is 12.0 Å².